The van der Waals surface area contributed by atoms with Gasteiger partial charge in [-0.15, -0.1) is 0 Å². The van der Waals surface area contributed by atoms with E-state index in [9.17, 15) is 14.4 Å². The van der Waals surface area contributed by atoms with Crippen molar-refractivity contribution in [1.82, 2.24) is 0 Å². The smallest absolute Gasteiger partial charge is 0.306 e. The zero-order valence-corrected chi connectivity index (χ0v) is 45.3. The van der Waals surface area contributed by atoms with Crippen molar-refractivity contribution in [2.45, 2.75) is 343 Å². The predicted molar refractivity (Wildman–Crippen MR) is 284 cm³/mol. The molecule has 0 aliphatic rings. The fourth-order valence-electron chi connectivity index (χ4n) is 9.23. The van der Waals surface area contributed by atoms with E-state index in [1.54, 1.807) is 0 Å². The first-order valence-electron chi connectivity index (χ1n) is 29.7. The molecule has 0 radical (unpaired) electrons. The third kappa shape index (κ3) is 53.4. The molecule has 0 amide bonds. The molecule has 0 aliphatic heterocycles. The zero-order chi connectivity index (χ0) is 48.2. The highest BCUT2D eigenvalue weighted by Crippen LogP contribution is 2.18. The molecule has 0 spiro atoms. The van der Waals surface area contributed by atoms with Crippen molar-refractivity contribution in [3.8, 4) is 0 Å². The molecular weight excluding hydrogens is 817 g/mol. The Morgan fingerprint density at radius 1 is 0.288 bits per heavy atom. The maximum absolute atomic E-state index is 12.8. The SMILES string of the molecule is CCCCCCCCCCCCCCCC(=O)O[C@@H](COC(=O)CCCCCCCCCCCCCCCCCCC(C)C)COC(=O)CCCCCCCCCCCCCCCC(C)C. The molecule has 0 aromatic carbocycles. The summed E-state index contributed by atoms with van der Waals surface area (Å²) in [6.45, 7) is 11.4. The van der Waals surface area contributed by atoms with Crippen LogP contribution in [0.4, 0.5) is 0 Å². The van der Waals surface area contributed by atoms with E-state index < -0.39 is 6.10 Å². The molecule has 0 unspecified atom stereocenters. The lowest BCUT2D eigenvalue weighted by Gasteiger charge is -2.18. The fraction of sp³-hybridized carbons (Fsp3) is 0.950. The van der Waals surface area contributed by atoms with E-state index in [0.717, 1.165) is 69.6 Å². The number of hydrogen-bond donors (Lipinski definition) is 0. The van der Waals surface area contributed by atoms with Crippen LogP contribution < -0.4 is 0 Å². The lowest BCUT2D eigenvalue weighted by Crippen LogP contribution is -2.30. The van der Waals surface area contributed by atoms with Crippen molar-refractivity contribution in [1.29, 1.82) is 0 Å². The molecule has 0 rings (SSSR count). The van der Waals surface area contributed by atoms with Crippen molar-refractivity contribution in [2.75, 3.05) is 13.2 Å². The Labute approximate surface area is 412 Å². The van der Waals surface area contributed by atoms with E-state index in [-0.39, 0.29) is 31.1 Å². The first-order valence-corrected chi connectivity index (χ1v) is 29.7. The Morgan fingerprint density at radius 2 is 0.500 bits per heavy atom. The molecule has 0 saturated carbocycles. The number of hydrogen-bond acceptors (Lipinski definition) is 6. The highest BCUT2D eigenvalue weighted by Gasteiger charge is 2.19. The average molecular weight is 934 g/mol. The Hall–Kier alpha value is -1.59. The zero-order valence-electron chi connectivity index (χ0n) is 45.3. The van der Waals surface area contributed by atoms with E-state index in [1.165, 1.54) is 225 Å². The van der Waals surface area contributed by atoms with Crippen molar-refractivity contribution in [3.63, 3.8) is 0 Å². The Morgan fingerprint density at radius 3 is 0.742 bits per heavy atom. The monoisotopic (exact) mass is 933 g/mol. The minimum atomic E-state index is -0.762. The van der Waals surface area contributed by atoms with Crippen LogP contribution in [0.1, 0.15) is 336 Å². The van der Waals surface area contributed by atoms with Crippen LogP contribution in [-0.4, -0.2) is 37.2 Å². The minimum Gasteiger partial charge on any atom is -0.462 e. The average Bonchev–Trinajstić information content (AvgIpc) is 3.29. The summed E-state index contributed by atoms with van der Waals surface area (Å²) in [6, 6.07) is 0. The van der Waals surface area contributed by atoms with Gasteiger partial charge in [0, 0.05) is 19.3 Å². The van der Waals surface area contributed by atoms with Crippen LogP contribution >= 0.6 is 0 Å². The highest BCUT2D eigenvalue weighted by atomic mass is 16.6. The van der Waals surface area contributed by atoms with Gasteiger partial charge in [-0.05, 0) is 31.1 Å². The summed E-state index contributed by atoms with van der Waals surface area (Å²) in [5.74, 6) is 0.856. The number of carbonyl (C=O) groups is 3. The second-order valence-electron chi connectivity index (χ2n) is 21.6. The van der Waals surface area contributed by atoms with E-state index in [4.69, 9.17) is 14.2 Å². The summed E-state index contributed by atoms with van der Waals surface area (Å²) in [5.41, 5.74) is 0. The third-order valence-corrected chi connectivity index (χ3v) is 13.7. The van der Waals surface area contributed by atoms with Crippen molar-refractivity contribution < 1.29 is 28.6 Å². The summed E-state index contributed by atoms with van der Waals surface area (Å²) in [5, 5.41) is 0. The highest BCUT2D eigenvalue weighted by molar-refractivity contribution is 5.71. The van der Waals surface area contributed by atoms with Gasteiger partial charge in [0.2, 0.25) is 0 Å². The normalized spacial score (nSPS) is 12.0. The van der Waals surface area contributed by atoms with Crippen LogP contribution in [0, 0.1) is 11.8 Å². The molecule has 0 aromatic rings. The van der Waals surface area contributed by atoms with Crippen molar-refractivity contribution in [3.05, 3.63) is 0 Å². The van der Waals surface area contributed by atoms with Crippen LogP contribution in [0.15, 0.2) is 0 Å². The summed E-state index contributed by atoms with van der Waals surface area (Å²) in [6.07, 6.45) is 56.6. The van der Waals surface area contributed by atoms with Gasteiger partial charge in [0.1, 0.15) is 13.2 Å². The van der Waals surface area contributed by atoms with E-state index in [0.29, 0.717) is 19.3 Å². The van der Waals surface area contributed by atoms with Gasteiger partial charge in [-0.1, -0.05) is 298 Å². The third-order valence-electron chi connectivity index (χ3n) is 13.7. The molecular formula is C60H116O6. The molecule has 0 aromatic heterocycles. The first kappa shape index (κ1) is 64.4. The molecule has 392 valence electrons. The van der Waals surface area contributed by atoms with Crippen LogP contribution in [-0.2, 0) is 28.6 Å². The summed E-state index contributed by atoms with van der Waals surface area (Å²) < 4.78 is 16.9. The summed E-state index contributed by atoms with van der Waals surface area (Å²) >= 11 is 0. The van der Waals surface area contributed by atoms with E-state index >= 15 is 0 Å². The van der Waals surface area contributed by atoms with Gasteiger partial charge in [-0.25, -0.2) is 0 Å². The van der Waals surface area contributed by atoms with Crippen molar-refractivity contribution in [2.24, 2.45) is 11.8 Å². The maximum atomic E-state index is 12.8. The fourth-order valence-corrected chi connectivity index (χ4v) is 9.23. The number of carbonyl (C=O) groups excluding carboxylic acids is 3. The van der Waals surface area contributed by atoms with Crippen molar-refractivity contribution >= 4 is 17.9 Å². The molecule has 0 saturated heterocycles. The van der Waals surface area contributed by atoms with Gasteiger partial charge in [-0.2, -0.15) is 0 Å². The second-order valence-corrected chi connectivity index (χ2v) is 21.6. The molecule has 0 heterocycles. The summed E-state index contributed by atoms with van der Waals surface area (Å²) in [7, 11) is 0. The second kappa shape index (κ2) is 52.8. The van der Waals surface area contributed by atoms with Gasteiger partial charge >= 0.3 is 17.9 Å². The Kier molecular flexibility index (Phi) is 51.5. The van der Waals surface area contributed by atoms with Gasteiger partial charge in [0.15, 0.2) is 6.10 Å². The number of unbranched alkanes of at least 4 members (excludes halogenated alkanes) is 39. The largest absolute Gasteiger partial charge is 0.462 e. The quantitative estimate of drug-likeness (QED) is 0.0343. The van der Waals surface area contributed by atoms with Gasteiger partial charge < -0.3 is 14.2 Å². The van der Waals surface area contributed by atoms with Crippen LogP contribution in [0.3, 0.4) is 0 Å². The number of esters is 3. The lowest BCUT2D eigenvalue weighted by atomic mass is 10.0. The summed E-state index contributed by atoms with van der Waals surface area (Å²) in [4.78, 5) is 38.2. The Balaban J connectivity index is 4.26. The van der Waals surface area contributed by atoms with Gasteiger partial charge in [-0.3, -0.25) is 14.4 Å². The molecule has 66 heavy (non-hydrogen) atoms. The minimum absolute atomic E-state index is 0.0623. The van der Waals surface area contributed by atoms with Gasteiger partial charge in [0.05, 0.1) is 0 Å². The van der Waals surface area contributed by atoms with E-state index in [1.807, 2.05) is 0 Å². The molecule has 1 atom stereocenters. The first-order chi connectivity index (χ1) is 32.2. The van der Waals surface area contributed by atoms with Gasteiger partial charge in [0.25, 0.3) is 0 Å². The maximum Gasteiger partial charge on any atom is 0.306 e. The lowest BCUT2D eigenvalue weighted by molar-refractivity contribution is -0.167. The number of rotatable bonds is 54. The molecule has 0 fully saturated rings. The standard InChI is InChI=1S/C60H116O6/c1-6-7-8-9-10-11-12-18-27-32-37-42-47-52-60(63)66-57(54-65-59(62)51-46-41-36-31-26-22-17-20-24-29-34-39-44-49-56(4)5)53-64-58(61)50-45-40-35-30-25-21-16-14-13-15-19-23-28-33-38-43-48-55(2)3/h55-57H,6-54H2,1-5H3/t57-/m0/s1. The van der Waals surface area contributed by atoms with E-state index in [2.05, 4.69) is 34.6 Å². The molecule has 6 heteroatoms. The molecule has 0 aliphatic carbocycles. The van der Waals surface area contributed by atoms with Crippen LogP contribution in [0.5, 0.6) is 0 Å². The van der Waals surface area contributed by atoms with Crippen LogP contribution in [0.2, 0.25) is 0 Å². The molecule has 0 N–H and O–H groups in total. The molecule has 0 bridgehead atoms. The topological polar surface area (TPSA) is 78.9 Å². The number of ether oxygens (including phenoxy) is 3. The predicted octanol–water partition coefficient (Wildman–Crippen LogP) is 19.7. The Bertz CT molecular complexity index is 1010. The van der Waals surface area contributed by atoms with Crippen LogP contribution in [0.25, 0.3) is 0 Å². The molecule has 6 nitrogen and oxygen atoms in total.